The summed E-state index contributed by atoms with van der Waals surface area (Å²) in [5, 5.41) is 10.2. The molecule has 9 heteroatoms. The Morgan fingerprint density at radius 1 is 1.02 bits per heavy atom. The number of halogens is 1. The van der Waals surface area contributed by atoms with E-state index in [1.54, 1.807) is 51.1 Å². The lowest BCUT2D eigenvalue weighted by atomic mass is 9.64. The number of carbonyl (C=O) groups excluding carboxylic acids is 3. The van der Waals surface area contributed by atoms with Gasteiger partial charge in [0.1, 0.15) is 11.6 Å². The molecule has 5 rings (SSSR count). The van der Waals surface area contributed by atoms with Crippen molar-refractivity contribution in [2.45, 2.75) is 49.9 Å². The molecule has 42 heavy (non-hydrogen) atoms. The topological polar surface area (TPSA) is 90.4 Å². The van der Waals surface area contributed by atoms with E-state index in [1.165, 1.54) is 0 Å². The van der Waals surface area contributed by atoms with Crippen LogP contribution in [-0.2, 0) is 19.1 Å². The van der Waals surface area contributed by atoms with Crippen molar-refractivity contribution in [3.63, 3.8) is 0 Å². The van der Waals surface area contributed by atoms with Crippen LogP contribution in [0.2, 0.25) is 5.02 Å². The van der Waals surface area contributed by atoms with Gasteiger partial charge in [-0.05, 0) is 62.1 Å². The summed E-state index contributed by atoms with van der Waals surface area (Å²) in [5.74, 6) is -2.41. The van der Waals surface area contributed by atoms with E-state index in [-0.39, 0.29) is 44.0 Å². The third kappa shape index (κ3) is 4.75. The second-order valence-corrected chi connectivity index (χ2v) is 11.7. The Morgan fingerprint density at radius 2 is 1.64 bits per heavy atom. The predicted octanol–water partition coefficient (Wildman–Crippen LogP) is 4.62. The number of hydrogen-bond acceptors (Lipinski definition) is 5. The highest BCUT2D eigenvalue weighted by molar-refractivity contribution is 6.30. The minimum absolute atomic E-state index is 0.140. The number of rotatable bonds is 12. The van der Waals surface area contributed by atoms with Crippen molar-refractivity contribution >= 4 is 40.7 Å². The number of para-hydroxylation sites is 1. The third-order valence-corrected chi connectivity index (χ3v) is 9.35. The molecule has 2 bridgehead atoms. The van der Waals surface area contributed by atoms with Crippen molar-refractivity contribution < 1.29 is 24.2 Å². The van der Waals surface area contributed by atoms with E-state index >= 15 is 0 Å². The first kappa shape index (κ1) is 30.0. The molecule has 2 aromatic rings. The van der Waals surface area contributed by atoms with Crippen LogP contribution in [0, 0.1) is 11.8 Å². The minimum atomic E-state index is -1.18. The van der Waals surface area contributed by atoms with E-state index in [0.29, 0.717) is 42.1 Å². The molecule has 0 aromatic heterocycles. The molecular formula is C33H38ClN3O5. The molecule has 5 atom stereocenters. The zero-order chi connectivity index (χ0) is 30.1. The van der Waals surface area contributed by atoms with Crippen molar-refractivity contribution in [2.75, 3.05) is 36.0 Å². The average molecular weight is 592 g/mol. The summed E-state index contributed by atoms with van der Waals surface area (Å²) in [6.07, 6.45) is 5.16. The fourth-order valence-corrected chi connectivity index (χ4v) is 7.43. The maximum absolute atomic E-state index is 14.6. The van der Waals surface area contributed by atoms with Crippen LogP contribution in [0.5, 0.6) is 0 Å². The van der Waals surface area contributed by atoms with Gasteiger partial charge in [0.05, 0.1) is 17.4 Å². The SMILES string of the molecule is C=CCN(C(=O)C1N(CCCO)C(=O)[C@@H]2[C@H](C(=O)N(CC=C)c3ccccc3)[C@]3(CC)CCC12O3)c1ccc(Cl)cc1. The molecule has 2 unspecified atom stereocenters. The van der Waals surface area contributed by atoms with Gasteiger partial charge in [0.15, 0.2) is 0 Å². The lowest BCUT2D eigenvalue weighted by Crippen LogP contribution is -2.56. The van der Waals surface area contributed by atoms with Gasteiger partial charge in [-0.2, -0.15) is 0 Å². The maximum atomic E-state index is 14.6. The molecule has 0 radical (unpaired) electrons. The highest BCUT2D eigenvalue weighted by Gasteiger charge is 2.79. The maximum Gasteiger partial charge on any atom is 0.253 e. The Hall–Kier alpha value is -3.46. The van der Waals surface area contributed by atoms with Crippen LogP contribution in [0.1, 0.15) is 32.6 Å². The van der Waals surface area contributed by atoms with Gasteiger partial charge in [0, 0.05) is 42.6 Å². The van der Waals surface area contributed by atoms with Crippen molar-refractivity contribution in [3.05, 3.63) is 84.9 Å². The van der Waals surface area contributed by atoms with Gasteiger partial charge in [-0.3, -0.25) is 14.4 Å². The van der Waals surface area contributed by atoms with Gasteiger partial charge in [0.25, 0.3) is 5.91 Å². The molecule has 0 saturated carbocycles. The number of carbonyl (C=O) groups is 3. The van der Waals surface area contributed by atoms with E-state index < -0.39 is 29.1 Å². The number of aliphatic hydroxyl groups is 1. The molecule has 0 aliphatic carbocycles. The number of fused-ring (bicyclic) bond motifs is 1. The summed E-state index contributed by atoms with van der Waals surface area (Å²) in [6, 6.07) is 15.3. The monoisotopic (exact) mass is 591 g/mol. The van der Waals surface area contributed by atoms with Crippen LogP contribution >= 0.6 is 11.6 Å². The van der Waals surface area contributed by atoms with Crippen LogP contribution in [-0.4, -0.2) is 71.2 Å². The number of nitrogens with zero attached hydrogens (tertiary/aromatic N) is 3. The Morgan fingerprint density at radius 3 is 2.24 bits per heavy atom. The molecule has 222 valence electrons. The van der Waals surface area contributed by atoms with Crippen LogP contribution in [0.15, 0.2) is 79.9 Å². The molecule has 2 aromatic carbocycles. The van der Waals surface area contributed by atoms with Crippen molar-refractivity contribution in [1.29, 1.82) is 0 Å². The van der Waals surface area contributed by atoms with Crippen molar-refractivity contribution in [2.24, 2.45) is 11.8 Å². The standard InChI is InChI=1S/C33H38ClN3O5/c1-4-19-35(24-11-8-7-9-12-24)29(39)26-27-30(40)37(21-10-22-38)28(33(27)18-17-32(26,6-3)42-33)31(41)36(20-5-2)25-15-13-23(34)14-16-25/h4-5,7-9,11-16,26-28,38H,1-2,6,10,17-22H2,3H3/t26-,27+,28?,32+,33?/m1/s1. The van der Waals surface area contributed by atoms with E-state index in [1.807, 2.05) is 37.3 Å². The van der Waals surface area contributed by atoms with Gasteiger partial charge in [-0.25, -0.2) is 0 Å². The molecule has 3 fully saturated rings. The molecule has 8 nitrogen and oxygen atoms in total. The minimum Gasteiger partial charge on any atom is -0.396 e. The van der Waals surface area contributed by atoms with Gasteiger partial charge in [0.2, 0.25) is 11.8 Å². The van der Waals surface area contributed by atoms with E-state index in [4.69, 9.17) is 16.3 Å². The van der Waals surface area contributed by atoms with E-state index in [9.17, 15) is 19.5 Å². The first-order valence-corrected chi connectivity index (χ1v) is 14.9. The molecule has 3 aliphatic rings. The third-order valence-electron chi connectivity index (χ3n) is 9.10. The van der Waals surface area contributed by atoms with E-state index in [0.717, 1.165) is 0 Å². The summed E-state index contributed by atoms with van der Waals surface area (Å²) in [5.41, 5.74) is -0.732. The Bertz CT molecular complexity index is 1350. The Kier molecular flexibility index (Phi) is 8.60. The number of aliphatic hydroxyl groups excluding tert-OH is 1. The number of anilines is 2. The summed E-state index contributed by atoms with van der Waals surface area (Å²) < 4.78 is 6.92. The lowest BCUT2D eigenvalue weighted by molar-refractivity contribution is -0.146. The largest absolute Gasteiger partial charge is 0.396 e. The number of likely N-dealkylation sites (tertiary alicyclic amines) is 1. The first-order chi connectivity index (χ1) is 20.3. The molecule has 1 N–H and O–H groups in total. The van der Waals surface area contributed by atoms with Crippen LogP contribution in [0.4, 0.5) is 11.4 Å². The Labute approximate surface area is 252 Å². The highest BCUT2D eigenvalue weighted by atomic mass is 35.5. The van der Waals surface area contributed by atoms with Crippen molar-refractivity contribution in [1.82, 2.24) is 4.90 Å². The van der Waals surface area contributed by atoms with Gasteiger partial charge < -0.3 is 24.5 Å². The summed E-state index contributed by atoms with van der Waals surface area (Å²) in [4.78, 5) is 48.3. The second kappa shape index (κ2) is 12.0. The molecule has 3 saturated heterocycles. The normalized spacial score (nSPS) is 27.5. The van der Waals surface area contributed by atoms with Crippen LogP contribution in [0.3, 0.4) is 0 Å². The highest BCUT2D eigenvalue weighted by Crippen LogP contribution is 2.64. The molecular weight excluding hydrogens is 554 g/mol. The van der Waals surface area contributed by atoms with Gasteiger partial charge in [-0.1, -0.05) is 48.9 Å². The molecule has 3 aliphatic heterocycles. The zero-order valence-electron chi connectivity index (χ0n) is 24.0. The Balaban J connectivity index is 1.60. The second-order valence-electron chi connectivity index (χ2n) is 11.2. The van der Waals surface area contributed by atoms with Gasteiger partial charge in [-0.15, -0.1) is 13.2 Å². The number of ether oxygens (including phenoxy) is 1. The van der Waals surface area contributed by atoms with Crippen molar-refractivity contribution in [3.8, 4) is 0 Å². The smallest absolute Gasteiger partial charge is 0.253 e. The number of hydrogen-bond donors (Lipinski definition) is 1. The number of benzene rings is 2. The summed E-state index contributed by atoms with van der Waals surface area (Å²) >= 11 is 6.13. The predicted molar refractivity (Wildman–Crippen MR) is 163 cm³/mol. The lowest BCUT2D eigenvalue weighted by Gasteiger charge is -2.37. The zero-order valence-corrected chi connectivity index (χ0v) is 24.7. The summed E-state index contributed by atoms with van der Waals surface area (Å²) in [7, 11) is 0. The summed E-state index contributed by atoms with van der Waals surface area (Å²) in [6.45, 7) is 10.2. The quantitative estimate of drug-likeness (QED) is 0.364. The molecule has 1 spiro atoms. The van der Waals surface area contributed by atoms with E-state index in [2.05, 4.69) is 13.2 Å². The fraction of sp³-hybridized carbons (Fsp3) is 0.424. The van der Waals surface area contributed by atoms with Gasteiger partial charge >= 0.3 is 0 Å². The van der Waals surface area contributed by atoms with Crippen LogP contribution < -0.4 is 9.80 Å². The molecule has 3 amide bonds. The fourth-order valence-electron chi connectivity index (χ4n) is 7.30. The average Bonchev–Trinajstić information content (AvgIpc) is 3.61. The first-order valence-electron chi connectivity index (χ1n) is 14.5. The number of amides is 3. The van der Waals surface area contributed by atoms with Crippen LogP contribution in [0.25, 0.3) is 0 Å². The molecule has 3 heterocycles.